The zero-order chi connectivity index (χ0) is 11.2. The van der Waals surface area contributed by atoms with Crippen LogP contribution in [0.2, 0.25) is 0 Å². The highest BCUT2D eigenvalue weighted by molar-refractivity contribution is 5.35. The lowest BCUT2D eigenvalue weighted by Gasteiger charge is -2.17. The predicted molar refractivity (Wildman–Crippen MR) is 64.9 cm³/mol. The van der Waals surface area contributed by atoms with Crippen LogP contribution in [-0.4, -0.2) is 10.7 Å². The molecule has 1 aromatic carbocycles. The van der Waals surface area contributed by atoms with Gasteiger partial charge in [-0.05, 0) is 50.3 Å². The Morgan fingerprint density at radius 2 is 2.00 bits per heavy atom. The molecule has 2 saturated carbocycles. The second-order valence-electron chi connectivity index (χ2n) is 5.70. The van der Waals surface area contributed by atoms with E-state index in [4.69, 9.17) is 0 Å². The molecule has 1 nitrogen and oxygen atoms in total. The average Bonchev–Trinajstić information content (AvgIpc) is 2.74. The van der Waals surface area contributed by atoms with Gasteiger partial charge < -0.3 is 5.11 Å². The van der Waals surface area contributed by atoms with Gasteiger partial charge in [0.05, 0.1) is 5.60 Å². The molecule has 3 atom stereocenters. The van der Waals surface area contributed by atoms with Gasteiger partial charge in [-0.3, -0.25) is 0 Å². The summed E-state index contributed by atoms with van der Waals surface area (Å²) >= 11 is 0. The molecule has 0 saturated heterocycles. The Morgan fingerprint density at radius 3 is 2.75 bits per heavy atom. The van der Waals surface area contributed by atoms with E-state index in [1.807, 2.05) is 6.92 Å². The lowest BCUT2D eigenvalue weighted by Crippen LogP contribution is -2.20. The lowest BCUT2D eigenvalue weighted by atomic mass is 9.85. The lowest BCUT2D eigenvalue weighted by molar-refractivity contribution is 0.0597. The standard InChI is InChI=1S/C15H19O/c1-15(16)9-12-7-8-13(14(12)10-15)11-5-3-2-4-6-11/h2-6,12,14,16H,7-10H2,1H3/q+1/t12-,14+,15+/m1/s1. The number of hydrogen-bond acceptors (Lipinski definition) is 1. The van der Waals surface area contributed by atoms with E-state index in [0.29, 0.717) is 5.92 Å². The fraction of sp³-hybridized carbons (Fsp3) is 0.533. The Bertz CT molecular complexity index is 368. The first-order valence-corrected chi connectivity index (χ1v) is 6.29. The smallest absolute Gasteiger partial charge is 0.132 e. The summed E-state index contributed by atoms with van der Waals surface area (Å²) in [5.41, 5.74) is 0.975. The fourth-order valence-electron chi connectivity index (χ4n) is 3.68. The Morgan fingerprint density at radius 1 is 1.25 bits per heavy atom. The number of rotatable bonds is 1. The highest BCUT2D eigenvalue weighted by Gasteiger charge is 2.51. The summed E-state index contributed by atoms with van der Waals surface area (Å²) in [6, 6.07) is 10.7. The van der Waals surface area contributed by atoms with Crippen molar-refractivity contribution in [1.29, 1.82) is 0 Å². The van der Waals surface area contributed by atoms with Gasteiger partial charge >= 0.3 is 0 Å². The Kier molecular flexibility index (Phi) is 2.25. The van der Waals surface area contributed by atoms with Crippen LogP contribution in [0.5, 0.6) is 0 Å². The van der Waals surface area contributed by atoms with Crippen LogP contribution in [0.1, 0.15) is 38.2 Å². The van der Waals surface area contributed by atoms with Crippen molar-refractivity contribution in [3.63, 3.8) is 0 Å². The first-order chi connectivity index (χ1) is 7.66. The van der Waals surface area contributed by atoms with Gasteiger partial charge in [0, 0.05) is 30.4 Å². The van der Waals surface area contributed by atoms with Crippen molar-refractivity contribution in [2.75, 3.05) is 0 Å². The van der Waals surface area contributed by atoms with Crippen molar-refractivity contribution < 1.29 is 5.11 Å². The molecule has 16 heavy (non-hydrogen) atoms. The van der Waals surface area contributed by atoms with Crippen molar-refractivity contribution >= 4 is 0 Å². The third-order valence-corrected chi connectivity index (χ3v) is 4.31. The van der Waals surface area contributed by atoms with E-state index in [-0.39, 0.29) is 0 Å². The van der Waals surface area contributed by atoms with Crippen LogP contribution < -0.4 is 0 Å². The van der Waals surface area contributed by atoms with Crippen LogP contribution in [0.4, 0.5) is 0 Å². The molecule has 0 amide bonds. The van der Waals surface area contributed by atoms with Crippen molar-refractivity contribution in [1.82, 2.24) is 0 Å². The zero-order valence-electron chi connectivity index (χ0n) is 9.82. The summed E-state index contributed by atoms with van der Waals surface area (Å²) < 4.78 is 0. The summed E-state index contributed by atoms with van der Waals surface area (Å²) in [7, 11) is 0. The zero-order valence-corrected chi connectivity index (χ0v) is 9.82. The van der Waals surface area contributed by atoms with E-state index in [0.717, 1.165) is 18.8 Å². The molecule has 0 aliphatic heterocycles. The molecule has 0 aromatic heterocycles. The molecular weight excluding hydrogens is 196 g/mol. The van der Waals surface area contributed by atoms with E-state index >= 15 is 0 Å². The summed E-state index contributed by atoms with van der Waals surface area (Å²) in [5.74, 6) is 2.95. The maximum atomic E-state index is 10.2. The van der Waals surface area contributed by atoms with Crippen LogP contribution in [0.15, 0.2) is 30.3 Å². The van der Waals surface area contributed by atoms with Crippen molar-refractivity contribution in [2.24, 2.45) is 11.8 Å². The normalized spacial score (nSPS) is 37.8. The van der Waals surface area contributed by atoms with Crippen molar-refractivity contribution in [2.45, 2.75) is 38.2 Å². The van der Waals surface area contributed by atoms with Gasteiger partial charge in [0.25, 0.3) is 0 Å². The highest BCUT2D eigenvalue weighted by Crippen LogP contribution is 2.54. The van der Waals surface area contributed by atoms with Crippen LogP contribution in [0.25, 0.3) is 0 Å². The van der Waals surface area contributed by atoms with Crippen LogP contribution >= 0.6 is 0 Å². The molecule has 2 fully saturated rings. The van der Waals surface area contributed by atoms with Crippen LogP contribution in [0.3, 0.4) is 0 Å². The minimum atomic E-state index is -0.421. The molecule has 84 valence electrons. The average molecular weight is 215 g/mol. The van der Waals surface area contributed by atoms with Crippen molar-refractivity contribution in [3.05, 3.63) is 41.8 Å². The third-order valence-electron chi connectivity index (χ3n) is 4.31. The third kappa shape index (κ3) is 1.63. The summed E-state index contributed by atoms with van der Waals surface area (Å²) in [5, 5.41) is 10.2. The van der Waals surface area contributed by atoms with Gasteiger partial charge in [-0.1, -0.05) is 0 Å². The van der Waals surface area contributed by atoms with Crippen LogP contribution in [-0.2, 0) is 0 Å². The topological polar surface area (TPSA) is 20.2 Å². The number of fused-ring (bicyclic) bond motifs is 1. The first-order valence-electron chi connectivity index (χ1n) is 6.29. The Hall–Kier alpha value is -0.950. The SMILES string of the molecule is C[C@]1(O)C[C@H]2CC[C+](c3ccccc3)[C@H]2C1. The summed E-state index contributed by atoms with van der Waals surface area (Å²) in [6.45, 7) is 1.99. The molecule has 1 N–H and O–H groups in total. The predicted octanol–water partition coefficient (Wildman–Crippen LogP) is 3.18. The second-order valence-corrected chi connectivity index (χ2v) is 5.70. The molecule has 0 bridgehead atoms. The maximum absolute atomic E-state index is 10.2. The summed E-state index contributed by atoms with van der Waals surface area (Å²) in [4.78, 5) is 0. The molecule has 2 aliphatic rings. The van der Waals surface area contributed by atoms with E-state index in [1.54, 1.807) is 5.92 Å². The molecule has 3 rings (SSSR count). The molecule has 1 heteroatoms. The van der Waals surface area contributed by atoms with E-state index < -0.39 is 5.60 Å². The fourth-order valence-corrected chi connectivity index (χ4v) is 3.68. The van der Waals surface area contributed by atoms with E-state index in [2.05, 4.69) is 30.3 Å². The molecule has 0 unspecified atom stereocenters. The van der Waals surface area contributed by atoms with Gasteiger partial charge in [0.1, 0.15) is 5.56 Å². The monoisotopic (exact) mass is 215 g/mol. The molecule has 0 spiro atoms. The quantitative estimate of drug-likeness (QED) is 0.713. The van der Waals surface area contributed by atoms with Crippen LogP contribution in [0, 0.1) is 17.8 Å². The molecule has 0 heterocycles. The maximum Gasteiger partial charge on any atom is 0.132 e. The number of hydrogen-bond donors (Lipinski definition) is 1. The summed E-state index contributed by atoms with van der Waals surface area (Å²) in [6.07, 6.45) is 4.45. The van der Waals surface area contributed by atoms with E-state index in [1.165, 1.54) is 18.4 Å². The van der Waals surface area contributed by atoms with Gasteiger partial charge in [0.15, 0.2) is 0 Å². The van der Waals surface area contributed by atoms with Gasteiger partial charge in [-0.2, -0.15) is 0 Å². The Labute approximate surface area is 97.5 Å². The number of aliphatic hydroxyl groups is 1. The molecule has 2 aliphatic carbocycles. The Balaban J connectivity index is 1.84. The molecular formula is C15H19O+. The van der Waals surface area contributed by atoms with Gasteiger partial charge in [-0.15, -0.1) is 0 Å². The first kappa shape index (κ1) is 10.2. The van der Waals surface area contributed by atoms with Gasteiger partial charge in [-0.25, -0.2) is 0 Å². The van der Waals surface area contributed by atoms with Gasteiger partial charge in [0.2, 0.25) is 0 Å². The highest BCUT2D eigenvalue weighted by atomic mass is 16.3. The molecule has 1 aromatic rings. The van der Waals surface area contributed by atoms with Crippen molar-refractivity contribution in [3.8, 4) is 0 Å². The second kappa shape index (κ2) is 3.53. The minimum Gasteiger partial charge on any atom is -0.390 e. The number of benzene rings is 1. The molecule has 0 radical (unpaired) electrons. The minimum absolute atomic E-state index is 0.421. The largest absolute Gasteiger partial charge is 0.390 e. The van der Waals surface area contributed by atoms with E-state index in [9.17, 15) is 5.11 Å².